The Hall–Kier alpha value is -4.78. The lowest BCUT2D eigenvalue weighted by Gasteiger charge is -2.17. The van der Waals surface area contributed by atoms with Crippen molar-refractivity contribution in [2.24, 2.45) is 5.92 Å². The van der Waals surface area contributed by atoms with E-state index in [1.165, 1.54) is 15.3 Å². The maximum atomic E-state index is 15.4. The number of imidazole rings is 1. The van der Waals surface area contributed by atoms with Crippen LogP contribution in [0.4, 0.5) is 13.2 Å². The lowest BCUT2D eigenvalue weighted by molar-refractivity contribution is 0.146. The number of aromatic nitrogens is 9. The number of fused-ring (bicyclic) bond motifs is 4. The summed E-state index contributed by atoms with van der Waals surface area (Å²) in [6.07, 6.45) is -0.939. The van der Waals surface area contributed by atoms with Gasteiger partial charge in [0.1, 0.15) is 17.3 Å². The van der Waals surface area contributed by atoms with Crippen LogP contribution < -0.4 is 5.56 Å². The molecule has 2 aliphatic rings. The van der Waals surface area contributed by atoms with Crippen molar-refractivity contribution in [1.82, 2.24) is 44.7 Å². The molecule has 0 bridgehead atoms. The van der Waals surface area contributed by atoms with Gasteiger partial charge in [-0.25, -0.2) is 23.4 Å². The van der Waals surface area contributed by atoms with Crippen LogP contribution in [0.5, 0.6) is 0 Å². The predicted molar refractivity (Wildman–Crippen MR) is 146 cm³/mol. The molecule has 4 aromatic heterocycles. The summed E-state index contributed by atoms with van der Waals surface area (Å²) < 4.78 is 44.4. The molecule has 5 heterocycles. The van der Waals surface area contributed by atoms with Gasteiger partial charge in [0.25, 0.3) is 12.0 Å². The quantitative estimate of drug-likeness (QED) is 0.274. The summed E-state index contributed by atoms with van der Waals surface area (Å²) in [6, 6.07) is 11.1. The van der Waals surface area contributed by atoms with Crippen LogP contribution in [0.3, 0.4) is 0 Å². The molecule has 14 heteroatoms. The summed E-state index contributed by atoms with van der Waals surface area (Å²) in [4.78, 5) is 25.7. The summed E-state index contributed by atoms with van der Waals surface area (Å²) in [5, 5.41) is 15.9. The summed E-state index contributed by atoms with van der Waals surface area (Å²) in [5.74, 6) is 0.113. The molecule has 1 saturated carbocycles. The zero-order valence-corrected chi connectivity index (χ0v) is 22.4. The molecule has 6 aromatic rings. The van der Waals surface area contributed by atoms with E-state index >= 15 is 4.39 Å². The maximum absolute atomic E-state index is 15.4. The fourth-order valence-electron chi connectivity index (χ4n) is 5.98. The van der Waals surface area contributed by atoms with Gasteiger partial charge < -0.3 is 4.98 Å². The summed E-state index contributed by atoms with van der Waals surface area (Å²) in [6.45, 7) is 1.92. The highest BCUT2D eigenvalue weighted by Crippen LogP contribution is 2.60. The number of alkyl halides is 2. The molecule has 42 heavy (non-hydrogen) atoms. The van der Waals surface area contributed by atoms with Crippen LogP contribution in [-0.2, 0) is 0 Å². The molecule has 2 aromatic carbocycles. The fourth-order valence-corrected chi connectivity index (χ4v) is 6.15. The van der Waals surface area contributed by atoms with Crippen molar-refractivity contribution in [2.75, 3.05) is 0 Å². The lowest BCUT2D eigenvalue weighted by Crippen LogP contribution is -2.27. The van der Waals surface area contributed by atoms with Gasteiger partial charge in [0, 0.05) is 39.2 Å². The molecule has 8 rings (SSSR count). The Bertz CT molecular complexity index is 2110. The molecule has 10 nitrogen and oxygen atoms in total. The Morgan fingerprint density at radius 3 is 2.79 bits per heavy atom. The Balaban J connectivity index is 1.20. The normalized spacial score (nSPS) is 19.0. The number of benzene rings is 2. The Kier molecular flexibility index (Phi) is 5.27. The molecule has 0 saturated heterocycles. The second-order valence-electron chi connectivity index (χ2n) is 10.6. The molecule has 3 unspecified atom stereocenters. The van der Waals surface area contributed by atoms with Gasteiger partial charge >= 0.3 is 0 Å². The third-order valence-corrected chi connectivity index (χ3v) is 8.29. The molecule has 1 aliphatic heterocycles. The number of hydrogen-bond acceptors (Lipinski definition) is 6. The Morgan fingerprint density at radius 1 is 1.12 bits per heavy atom. The van der Waals surface area contributed by atoms with E-state index in [9.17, 15) is 13.6 Å². The number of H-pyrrole nitrogens is 2. The fraction of sp³-hybridized carbons (Fsp3) is 0.214. The molecule has 0 radical (unpaired) electrons. The minimum absolute atomic E-state index is 0.0255. The average Bonchev–Trinajstić information content (AvgIpc) is 3.29. The first kappa shape index (κ1) is 25.0. The molecule has 2 N–H and O–H groups in total. The third kappa shape index (κ3) is 3.73. The topological polar surface area (TPSA) is 123 Å². The molecular weight excluding hydrogens is 571 g/mol. The summed E-state index contributed by atoms with van der Waals surface area (Å²) >= 11 is 6.28. The van der Waals surface area contributed by atoms with E-state index in [0.717, 1.165) is 29.2 Å². The largest absolute Gasteiger partial charge is 0.338 e. The maximum Gasteiger partial charge on any atom is 0.283 e. The van der Waals surface area contributed by atoms with Crippen LogP contribution in [0, 0.1) is 18.8 Å². The third-order valence-electron chi connectivity index (χ3n) is 8.05. The highest BCUT2D eigenvalue weighted by Gasteiger charge is 2.56. The SMILES string of the molecule is Cc1[nH]nc2cc(-c3nc(F)c(C4C5CC5c5nc(-c6cc(Cl)ccc6-n6cc(C(F)F)nn6)cc(=O)n54)[nH]3)ccc12. The van der Waals surface area contributed by atoms with Gasteiger partial charge in [0.05, 0.1) is 34.8 Å². The molecule has 3 atom stereocenters. The molecule has 0 amide bonds. The van der Waals surface area contributed by atoms with Crippen molar-refractivity contribution in [1.29, 1.82) is 0 Å². The van der Waals surface area contributed by atoms with Gasteiger partial charge in [-0.1, -0.05) is 28.9 Å². The molecule has 1 fully saturated rings. The van der Waals surface area contributed by atoms with Gasteiger partial charge in [0.15, 0.2) is 0 Å². The van der Waals surface area contributed by atoms with Crippen molar-refractivity contribution >= 4 is 22.5 Å². The van der Waals surface area contributed by atoms with Crippen molar-refractivity contribution in [3.63, 3.8) is 0 Å². The number of aryl methyl sites for hydroxylation is 1. The van der Waals surface area contributed by atoms with E-state index in [-0.39, 0.29) is 23.1 Å². The van der Waals surface area contributed by atoms with Crippen LogP contribution in [0.15, 0.2) is 53.5 Å². The first-order chi connectivity index (χ1) is 20.3. The van der Waals surface area contributed by atoms with Gasteiger partial charge in [0.2, 0.25) is 5.95 Å². The van der Waals surface area contributed by atoms with Crippen LogP contribution in [-0.4, -0.2) is 44.7 Å². The van der Waals surface area contributed by atoms with E-state index in [2.05, 4.69) is 30.5 Å². The first-order valence-electron chi connectivity index (χ1n) is 13.1. The van der Waals surface area contributed by atoms with Crippen molar-refractivity contribution < 1.29 is 13.2 Å². The monoisotopic (exact) mass is 589 g/mol. The predicted octanol–water partition coefficient (Wildman–Crippen LogP) is 5.50. The number of halogens is 4. The Labute approximate surface area is 239 Å². The van der Waals surface area contributed by atoms with Crippen molar-refractivity contribution in [3.05, 3.63) is 92.9 Å². The van der Waals surface area contributed by atoms with E-state index in [1.54, 1.807) is 18.2 Å². The molecule has 1 aliphatic carbocycles. The van der Waals surface area contributed by atoms with Crippen molar-refractivity contribution in [2.45, 2.75) is 31.7 Å². The average molecular weight is 590 g/mol. The van der Waals surface area contributed by atoms with Gasteiger partial charge in [-0.3, -0.25) is 14.5 Å². The number of aromatic amines is 2. The number of nitrogens with one attached hydrogen (secondary N) is 2. The minimum Gasteiger partial charge on any atom is -0.338 e. The van der Waals surface area contributed by atoms with E-state index in [1.807, 2.05) is 25.1 Å². The second kappa shape index (κ2) is 8.86. The highest BCUT2D eigenvalue weighted by molar-refractivity contribution is 6.31. The minimum atomic E-state index is -2.79. The van der Waals surface area contributed by atoms with E-state index in [4.69, 9.17) is 16.6 Å². The molecule has 0 spiro atoms. The first-order valence-corrected chi connectivity index (χ1v) is 13.5. The van der Waals surface area contributed by atoms with Crippen LogP contribution in [0.25, 0.3) is 39.2 Å². The van der Waals surface area contributed by atoms with Crippen LogP contribution >= 0.6 is 11.6 Å². The zero-order valence-electron chi connectivity index (χ0n) is 21.7. The van der Waals surface area contributed by atoms with Gasteiger partial charge in [-0.05, 0) is 43.5 Å². The van der Waals surface area contributed by atoms with Crippen molar-refractivity contribution in [3.8, 4) is 28.3 Å². The van der Waals surface area contributed by atoms with E-state index in [0.29, 0.717) is 39.2 Å². The van der Waals surface area contributed by atoms with Gasteiger partial charge in [-0.2, -0.15) is 9.49 Å². The van der Waals surface area contributed by atoms with Gasteiger partial charge in [-0.15, -0.1) is 5.10 Å². The summed E-state index contributed by atoms with van der Waals surface area (Å²) in [5.41, 5.74) is 2.80. The zero-order chi connectivity index (χ0) is 28.9. The second-order valence-corrected chi connectivity index (χ2v) is 11.0. The van der Waals surface area contributed by atoms with Crippen LogP contribution in [0.1, 0.15) is 47.7 Å². The van der Waals surface area contributed by atoms with E-state index < -0.39 is 24.1 Å². The standard InChI is InChI=1S/C28H19ClF3N9O/c1-11-14-4-2-12(6-19(14)37-36-11)27-34-23(26(32)35-27)24-15-8-16(15)28-33-18(9-22(42)41(24)28)17-7-13(29)3-5-21(17)40-10-20(25(30)31)38-39-40/h2-7,9-10,15-16,24-25H,8H2,1H3,(H,34,35)(H,36,37). The number of hydrogen-bond donors (Lipinski definition) is 2. The lowest BCUT2D eigenvalue weighted by atomic mass is 10.1. The number of rotatable bonds is 5. The molecular formula is C28H19ClF3N9O. The summed E-state index contributed by atoms with van der Waals surface area (Å²) in [7, 11) is 0. The number of nitrogens with zero attached hydrogens (tertiary/aromatic N) is 7. The highest BCUT2D eigenvalue weighted by atomic mass is 35.5. The smallest absolute Gasteiger partial charge is 0.283 e. The van der Waals surface area contributed by atoms with Crippen LogP contribution in [0.2, 0.25) is 5.02 Å². The molecule has 210 valence electrons. The Morgan fingerprint density at radius 2 is 1.98 bits per heavy atom.